The molecule has 0 saturated carbocycles. The summed E-state index contributed by atoms with van der Waals surface area (Å²) >= 11 is 5.60. The molecule has 0 fully saturated rings. The van der Waals surface area contributed by atoms with Crippen LogP contribution in [0.5, 0.6) is 0 Å². The normalized spacial score (nSPS) is 11.4. The zero-order valence-electron chi connectivity index (χ0n) is 16.6. The quantitative estimate of drug-likeness (QED) is 0.258. The van der Waals surface area contributed by atoms with Crippen LogP contribution in [0.2, 0.25) is 0 Å². The number of thiophene rings is 2. The lowest BCUT2D eigenvalue weighted by Crippen LogP contribution is -1.82. The Morgan fingerprint density at radius 3 is 1.35 bits per heavy atom. The van der Waals surface area contributed by atoms with Crippen LogP contribution in [-0.2, 0) is 0 Å². The molecule has 0 radical (unpaired) electrons. The van der Waals surface area contributed by atoms with Crippen LogP contribution in [0.3, 0.4) is 0 Å². The maximum absolute atomic E-state index is 2.32. The molecule has 6 aromatic rings. The molecular formula is C28H18S3. The van der Waals surface area contributed by atoms with Crippen LogP contribution in [-0.4, -0.2) is 0 Å². The lowest BCUT2D eigenvalue weighted by Gasteiger charge is -2.11. The minimum Gasteiger partial charge on any atom is -0.135 e. The maximum atomic E-state index is 2.32. The third-order valence-corrected chi connectivity index (χ3v) is 8.83. The van der Waals surface area contributed by atoms with Crippen LogP contribution in [0.15, 0.2) is 119 Å². The molecule has 6 rings (SSSR count). The summed E-state index contributed by atoms with van der Waals surface area (Å²) in [6.07, 6.45) is 0. The van der Waals surface area contributed by atoms with Gasteiger partial charge in [-0.3, -0.25) is 0 Å². The first-order valence-corrected chi connectivity index (χ1v) is 12.6. The van der Waals surface area contributed by atoms with Crippen molar-refractivity contribution in [3.8, 4) is 20.9 Å². The predicted octanol–water partition coefficient (Wildman–Crippen LogP) is 9.60. The van der Waals surface area contributed by atoms with E-state index in [1.165, 1.54) is 50.8 Å². The lowest BCUT2D eigenvalue weighted by atomic mass is 10.1. The van der Waals surface area contributed by atoms with Gasteiger partial charge >= 0.3 is 0 Å². The van der Waals surface area contributed by atoms with Crippen molar-refractivity contribution in [3.05, 3.63) is 109 Å². The van der Waals surface area contributed by atoms with E-state index in [2.05, 4.69) is 109 Å². The molecule has 148 valence electrons. The molecule has 0 bridgehead atoms. The van der Waals surface area contributed by atoms with Gasteiger partial charge in [-0.05, 0) is 47.2 Å². The smallest absolute Gasteiger partial charge is 0.0366 e. The van der Waals surface area contributed by atoms with Gasteiger partial charge in [-0.2, -0.15) is 0 Å². The first kappa shape index (κ1) is 18.9. The molecule has 0 saturated heterocycles. The van der Waals surface area contributed by atoms with E-state index < -0.39 is 0 Å². The molecule has 0 aliphatic carbocycles. The van der Waals surface area contributed by atoms with E-state index >= 15 is 0 Å². The van der Waals surface area contributed by atoms with Gasteiger partial charge < -0.3 is 0 Å². The molecule has 0 N–H and O–H groups in total. The largest absolute Gasteiger partial charge is 0.135 e. The third-order valence-electron chi connectivity index (χ3n) is 5.38. The summed E-state index contributed by atoms with van der Waals surface area (Å²) in [6, 6.07) is 39.4. The van der Waals surface area contributed by atoms with Gasteiger partial charge in [0, 0.05) is 40.1 Å². The molecule has 3 heteroatoms. The Morgan fingerprint density at radius 2 is 0.871 bits per heavy atom. The van der Waals surface area contributed by atoms with E-state index in [0.29, 0.717) is 0 Å². The molecule has 4 aromatic carbocycles. The molecule has 31 heavy (non-hydrogen) atoms. The Labute approximate surface area is 193 Å². The molecule has 0 amide bonds. The Kier molecular flexibility index (Phi) is 4.88. The minimum absolute atomic E-state index is 1.29. The number of benzene rings is 4. The summed E-state index contributed by atoms with van der Waals surface area (Å²) in [5.74, 6) is 0. The van der Waals surface area contributed by atoms with E-state index in [0.717, 1.165) is 0 Å². The number of fused-ring (bicyclic) bond motifs is 2. The fourth-order valence-electron chi connectivity index (χ4n) is 3.87. The van der Waals surface area contributed by atoms with Crippen LogP contribution in [0, 0.1) is 0 Å². The molecule has 2 heterocycles. The van der Waals surface area contributed by atoms with E-state index in [1.807, 2.05) is 34.4 Å². The summed E-state index contributed by atoms with van der Waals surface area (Å²) in [5.41, 5.74) is 2.61. The van der Waals surface area contributed by atoms with Crippen molar-refractivity contribution in [2.45, 2.75) is 9.79 Å². The Bertz CT molecular complexity index is 1340. The molecule has 0 unspecified atom stereocenters. The molecule has 0 nitrogen and oxygen atoms in total. The van der Waals surface area contributed by atoms with Gasteiger partial charge in [-0.1, -0.05) is 84.6 Å². The topological polar surface area (TPSA) is 0 Å². The summed E-state index contributed by atoms with van der Waals surface area (Å²) in [6.45, 7) is 0. The van der Waals surface area contributed by atoms with Crippen molar-refractivity contribution < 1.29 is 0 Å². The molecule has 0 aliphatic rings. The van der Waals surface area contributed by atoms with Crippen LogP contribution in [0.1, 0.15) is 0 Å². The Balaban J connectivity index is 1.43. The SMILES string of the molecule is c1ccc(-c2cc3ccccc3s2)c(Sc2ccccc2-c2cc3ccccc3s2)c1. The van der Waals surface area contributed by atoms with E-state index in [4.69, 9.17) is 0 Å². The van der Waals surface area contributed by atoms with Crippen LogP contribution < -0.4 is 0 Å². The summed E-state index contributed by atoms with van der Waals surface area (Å²) in [5, 5.41) is 2.63. The summed E-state index contributed by atoms with van der Waals surface area (Å²) < 4.78 is 2.67. The monoisotopic (exact) mass is 450 g/mol. The summed E-state index contributed by atoms with van der Waals surface area (Å²) in [4.78, 5) is 5.23. The van der Waals surface area contributed by atoms with Crippen molar-refractivity contribution in [2.24, 2.45) is 0 Å². The molecule has 0 aliphatic heterocycles. The zero-order valence-corrected chi connectivity index (χ0v) is 19.1. The van der Waals surface area contributed by atoms with Gasteiger partial charge in [0.2, 0.25) is 0 Å². The van der Waals surface area contributed by atoms with Crippen molar-refractivity contribution in [1.29, 1.82) is 0 Å². The van der Waals surface area contributed by atoms with E-state index in [9.17, 15) is 0 Å². The minimum atomic E-state index is 1.29. The average Bonchev–Trinajstić information content (AvgIpc) is 3.44. The standard InChI is InChI=1S/C28H18S3/c1-5-13-23-19(9-1)17-27(29-23)21-11-3-7-15-25(21)31-26-16-8-4-12-22(26)28-18-20-10-2-6-14-24(20)30-28/h1-18H. The fourth-order valence-corrected chi connectivity index (χ4v) is 7.31. The Morgan fingerprint density at radius 1 is 0.452 bits per heavy atom. The van der Waals surface area contributed by atoms with Crippen molar-refractivity contribution in [1.82, 2.24) is 0 Å². The molecule has 0 spiro atoms. The van der Waals surface area contributed by atoms with Crippen molar-refractivity contribution >= 4 is 54.6 Å². The highest BCUT2D eigenvalue weighted by atomic mass is 32.2. The number of hydrogen-bond acceptors (Lipinski definition) is 3. The molecule has 0 atom stereocenters. The van der Waals surface area contributed by atoms with Crippen LogP contribution in [0.25, 0.3) is 41.1 Å². The number of hydrogen-bond donors (Lipinski definition) is 0. The maximum Gasteiger partial charge on any atom is 0.0366 e. The van der Waals surface area contributed by atoms with Gasteiger partial charge in [0.05, 0.1) is 0 Å². The van der Waals surface area contributed by atoms with Gasteiger partial charge in [0.25, 0.3) is 0 Å². The third kappa shape index (κ3) is 3.59. The van der Waals surface area contributed by atoms with Gasteiger partial charge in [0.1, 0.15) is 0 Å². The highest BCUT2D eigenvalue weighted by molar-refractivity contribution is 7.99. The van der Waals surface area contributed by atoms with Crippen LogP contribution in [0.4, 0.5) is 0 Å². The van der Waals surface area contributed by atoms with Gasteiger partial charge in [-0.25, -0.2) is 0 Å². The second-order valence-corrected chi connectivity index (χ2v) is 10.6. The molecule has 2 aromatic heterocycles. The predicted molar refractivity (Wildman–Crippen MR) is 139 cm³/mol. The summed E-state index contributed by atoms with van der Waals surface area (Å²) in [7, 11) is 0. The first-order valence-electron chi connectivity index (χ1n) is 10.2. The highest BCUT2D eigenvalue weighted by Crippen LogP contribution is 2.44. The number of rotatable bonds is 4. The van der Waals surface area contributed by atoms with Crippen molar-refractivity contribution in [3.63, 3.8) is 0 Å². The highest BCUT2D eigenvalue weighted by Gasteiger charge is 2.13. The van der Waals surface area contributed by atoms with E-state index in [1.54, 1.807) is 0 Å². The Hall–Kier alpha value is -2.85. The average molecular weight is 451 g/mol. The second-order valence-electron chi connectivity index (χ2n) is 7.39. The van der Waals surface area contributed by atoms with E-state index in [-0.39, 0.29) is 0 Å². The first-order chi connectivity index (χ1) is 15.3. The van der Waals surface area contributed by atoms with Gasteiger partial charge in [0.15, 0.2) is 0 Å². The molecular weight excluding hydrogens is 433 g/mol. The zero-order chi connectivity index (χ0) is 20.6. The fraction of sp³-hybridized carbons (Fsp3) is 0. The van der Waals surface area contributed by atoms with Crippen molar-refractivity contribution in [2.75, 3.05) is 0 Å². The lowest BCUT2D eigenvalue weighted by molar-refractivity contribution is 1.41. The van der Waals surface area contributed by atoms with Crippen LogP contribution >= 0.6 is 34.4 Å². The second kappa shape index (κ2) is 8.01. The van der Waals surface area contributed by atoms with Gasteiger partial charge in [-0.15, -0.1) is 22.7 Å².